The van der Waals surface area contributed by atoms with Crippen molar-refractivity contribution in [1.82, 2.24) is 0 Å². The van der Waals surface area contributed by atoms with E-state index < -0.39 is 17.2 Å². The molecule has 0 saturated heterocycles. The van der Waals surface area contributed by atoms with Crippen molar-refractivity contribution < 1.29 is 22.7 Å². The third-order valence-corrected chi connectivity index (χ3v) is 3.77. The SMILES string of the molecule is COC(=O)/C(=C/c1cccc2ccccc12)CSC(F)(F)F. The van der Waals surface area contributed by atoms with E-state index in [1.54, 1.807) is 12.1 Å². The first-order chi connectivity index (χ1) is 10.4. The molecule has 0 atom stereocenters. The first kappa shape index (κ1) is 16.4. The molecule has 0 bridgehead atoms. The molecule has 0 saturated carbocycles. The van der Waals surface area contributed by atoms with Crippen LogP contribution in [0.1, 0.15) is 5.56 Å². The summed E-state index contributed by atoms with van der Waals surface area (Å²) in [5.74, 6) is -1.25. The van der Waals surface area contributed by atoms with Crippen LogP contribution in [0.15, 0.2) is 48.0 Å². The average molecular weight is 326 g/mol. The highest BCUT2D eigenvalue weighted by atomic mass is 32.2. The minimum absolute atomic E-state index is 0.0267. The van der Waals surface area contributed by atoms with Crippen molar-refractivity contribution in [3.8, 4) is 0 Å². The number of fused-ring (bicyclic) bond motifs is 1. The van der Waals surface area contributed by atoms with Crippen molar-refractivity contribution in [3.63, 3.8) is 0 Å². The van der Waals surface area contributed by atoms with Crippen molar-refractivity contribution >= 4 is 34.6 Å². The van der Waals surface area contributed by atoms with Crippen LogP contribution in [-0.2, 0) is 9.53 Å². The quantitative estimate of drug-likeness (QED) is 0.604. The van der Waals surface area contributed by atoms with Crippen molar-refractivity contribution in [1.29, 1.82) is 0 Å². The summed E-state index contributed by atoms with van der Waals surface area (Å²) in [5.41, 5.74) is -3.74. The number of carbonyl (C=O) groups is 1. The Bertz CT molecular complexity index is 703. The predicted octanol–water partition coefficient (Wildman–Crippen LogP) is 4.65. The number of methoxy groups -OCH3 is 1. The number of hydrogen-bond acceptors (Lipinski definition) is 3. The van der Waals surface area contributed by atoms with Gasteiger partial charge in [-0.3, -0.25) is 0 Å². The second kappa shape index (κ2) is 6.87. The average Bonchev–Trinajstić information content (AvgIpc) is 2.50. The fourth-order valence-electron chi connectivity index (χ4n) is 2.01. The Morgan fingerprint density at radius 3 is 2.55 bits per heavy atom. The molecule has 2 aromatic carbocycles. The van der Waals surface area contributed by atoms with Crippen LogP contribution >= 0.6 is 11.8 Å². The molecule has 2 aromatic rings. The van der Waals surface area contributed by atoms with Crippen LogP contribution in [0.4, 0.5) is 13.2 Å². The Kier molecular flexibility index (Phi) is 5.13. The van der Waals surface area contributed by atoms with E-state index in [0.29, 0.717) is 5.56 Å². The number of hydrogen-bond donors (Lipinski definition) is 0. The standard InChI is InChI=1S/C16H13F3O2S/c1-21-15(20)13(10-22-16(17,18)19)9-12-7-4-6-11-5-2-3-8-14(11)12/h2-9H,10H2,1H3/b13-9+. The molecule has 6 heteroatoms. The van der Waals surface area contributed by atoms with Gasteiger partial charge in [0.15, 0.2) is 0 Å². The summed E-state index contributed by atoms with van der Waals surface area (Å²) in [6.45, 7) is 0. The van der Waals surface area contributed by atoms with E-state index >= 15 is 0 Å². The third kappa shape index (κ3) is 4.27. The zero-order chi connectivity index (χ0) is 16.2. The van der Waals surface area contributed by atoms with Crippen molar-refractivity contribution in [2.24, 2.45) is 0 Å². The number of rotatable bonds is 4. The van der Waals surface area contributed by atoms with Crippen LogP contribution in [0.5, 0.6) is 0 Å². The van der Waals surface area contributed by atoms with Gasteiger partial charge in [0.05, 0.1) is 7.11 Å². The van der Waals surface area contributed by atoms with Gasteiger partial charge in [-0.25, -0.2) is 4.79 Å². The van der Waals surface area contributed by atoms with Crippen LogP contribution in [0.2, 0.25) is 0 Å². The first-order valence-corrected chi connectivity index (χ1v) is 7.36. The molecule has 0 amide bonds. The number of ether oxygens (including phenoxy) is 1. The fraction of sp³-hybridized carbons (Fsp3) is 0.188. The van der Waals surface area contributed by atoms with Crippen LogP contribution in [0.3, 0.4) is 0 Å². The topological polar surface area (TPSA) is 26.3 Å². The van der Waals surface area contributed by atoms with Gasteiger partial charge in [0.25, 0.3) is 0 Å². The molecule has 0 N–H and O–H groups in total. The summed E-state index contributed by atoms with van der Waals surface area (Å²) in [6.07, 6.45) is 1.45. The highest BCUT2D eigenvalue weighted by Crippen LogP contribution is 2.32. The summed E-state index contributed by atoms with van der Waals surface area (Å²) in [4.78, 5) is 11.7. The van der Waals surface area contributed by atoms with Gasteiger partial charge in [0.2, 0.25) is 0 Å². The minimum atomic E-state index is -4.40. The highest BCUT2D eigenvalue weighted by molar-refractivity contribution is 8.00. The number of benzene rings is 2. The van der Waals surface area contributed by atoms with Crippen LogP contribution in [0, 0.1) is 0 Å². The van der Waals surface area contributed by atoms with Crippen LogP contribution < -0.4 is 0 Å². The molecular formula is C16H13F3O2S. The smallest absolute Gasteiger partial charge is 0.442 e. The van der Waals surface area contributed by atoms with Gasteiger partial charge < -0.3 is 4.74 Å². The van der Waals surface area contributed by atoms with Crippen molar-refractivity contribution in [2.75, 3.05) is 12.9 Å². The molecule has 0 spiro atoms. The van der Waals surface area contributed by atoms with E-state index in [9.17, 15) is 18.0 Å². The molecule has 116 valence electrons. The lowest BCUT2D eigenvalue weighted by Crippen LogP contribution is -2.10. The van der Waals surface area contributed by atoms with Crippen LogP contribution in [-0.4, -0.2) is 24.3 Å². The van der Waals surface area contributed by atoms with E-state index in [1.165, 1.54) is 6.08 Å². The molecule has 2 nitrogen and oxygen atoms in total. The van der Waals surface area contributed by atoms with E-state index in [1.807, 2.05) is 30.3 Å². The molecule has 0 aliphatic carbocycles. The molecule has 2 rings (SSSR count). The Labute approximate surface area is 130 Å². The molecule has 0 aliphatic rings. The lowest BCUT2D eigenvalue weighted by atomic mass is 10.0. The molecular weight excluding hydrogens is 313 g/mol. The molecule has 0 heterocycles. The van der Waals surface area contributed by atoms with E-state index in [4.69, 9.17) is 0 Å². The van der Waals surface area contributed by atoms with Gasteiger partial charge in [-0.05, 0) is 34.2 Å². The number of halogens is 3. The predicted molar refractivity (Wildman–Crippen MR) is 82.5 cm³/mol. The maximum Gasteiger partial charge on any atom is 0.442 e. The van der Waals surface area contributed by atoms with Gasteiger partial charge in [-0.1, -0.05) is 42.5 Å². The van der Waals surface area contributed by atoms with E-state index in [-0.39, 0.29) is 17.3 Å². The van der Waals surface area contributed by atoms with Gasteiger partial charge >= 0.3 is 11.5 Å². The number of carbonyl (C=O) groups excluding carboxylic acids is 1. The maximum absolute atomic E-state index is 12.4. The lowest BCUT2D eigenvalue weighted by molar-refractivity contribution is -0.135. The fourth-order valence-corrected chi connectivity index (χ4v) is 2.53. The van der Waals surface area contributed by atoms with Crippen molar-refractivity contribution in [2.45, 2.75) is 5.51 Å². The minimum Gasteiger partial charge on any atom is -0.466 e. The summed E-state index contributed by atoms with van der Waals surface area (Å²) in [5, 5.41) is 1.81. The van der Waals surface area contributed by atoms with Gasteiger partial charge in [0.1, 0.15) is 0 Å². The van der Waals surface area contributed by atoms with Crippen LogP contribution in [0.25, 0.3) is 16.8 Å². The van der Waals surface area contributed by atoms with E-state index in [0.717, 1.165) is 17.9 Å². The number of thioether (sulfide) groups is 1. The normalized spacial score (nSPS) is 12.5. The molecule has 0 aromatic heterocycles. The molecule has 0 radical (unpaired) electrons. The summed E-state index contributed by atoms with van der Waals surface area (Å²) in [7, 11) is 1.15. The zero-order valence-corrected chi connectivity index (χ0v) is 12.5. The lowest BCUT2D eigenvalue weighted by Gasteiger charge is -2.09. The Hall–Kier alpha value is -1.95. The third-order valence-electron chi connectivity index (χ3n) is 2.99. The summed E-state index contributed by atoms with van der Waals surface area (Å²) < 4.78 is 41.7. The largest absolute Gasteiger partial charge is 0.466 e. The second-order valence-electron chi connectivity index (χ2n) is 4.46. The monoisotopic (exact) mass is 326 g/mol. The first-order valence-electron chi connectivity index (χ1n) is 6.38. The Balaban J connectivity index is 2.40. The molecule has 0 unspecified atom stereocenters. The Morgan fingerprint density at radius 2 is 1.86 bits per heavy atom. The molecule has 0 fully saturated rings. The van der Waals surface area contributed by atoms with E-state index in [2.05, 4.69) is 4.74 Å². The molecule has 0 aliphatic heterocycles. The number of esters is 1. The van der Waals surface area contributed by atoms with Gasteiger partial charge in [-0.15, -0.1) is 0 Å². The second-order valence-corrected chi connectivity index (χ2v) is 5.50. The van der Waals surface area contributed by atoms with Crippen molar-refractivity contribution in [3.05, 3.63) is 53.6 Å². The summed E-state index contributed by atoms with van der Waals surface area (Å²) in [6, 6.07) is 12.9. The number of alkyl halides is 3. The summed E-state index contributed by atoms with van der Waals surface area (Å²) >= 11 is -0.259. The Morgan fingerprint density at radius 1 is 1.18 bits per heavy atom. The van der Waals surface area contributed by atoms with Gasteiger partial charge in [-0.2, -0.15) is 13.2 Å². The van der Waals surface area contributed by atoms with Gasteiger partial charge in [0, 0.05) is 11.3 Å². The zero-order valence-electron chi connectivity index (χ0n) is 11.7. The maximum atomic E-state index is 12.4. The highest BCUT2D eigenvalue weighted by Gasteiger charge is 2.29. The molecule has 22 heavy (non-hydrogen) atoms.